The smallest absolute Gasteiger partial charge is 0.0198 e. The summed E-state index contributed by atoms with van der Waals surface area (Å²) in [6.07, 6.45) is 14.6. The Morgan fingerprint density at radius 1 is 0.905 bits per heavy atom. The molecule has 2 aliphatic carbocycles. The molecule has 0 radical (unpaired) electrons. The van der Waals surface area contributed by atoms with Gasteiger partial charge in [0.25, 0.3) is 0 Å². The molecule has 3 aliphatic rings. The van der Waals surface area contributed by atoms with Crippen molar-refractivity contribution in [2.24, 2.45) is 17.8 Å². The fraction of sp³-hybridized carbons (Fsp3) is 1.00. The summed E-state index contributed by atoms with van der Waals surface area (Å²) in [7, 11) is 0. The van der Waals surface area contributed by atoms with Gasteiger partial charge < -0.3 is 10.2 Å². The van der Waals surface area contributed by atoms with E-state index in [2.05, 4.69) is 17.1 Å². The molecule has 21 heavy (non-hydrogen) atoms. The van der Waals surface area contributed by atoms with Gasteiger partial charge in [0, 0.05) is 25.7 Å². The first-order chi connectivity index (χ1) is 10.3. The highest BCUT2D eigenvalue weighted by atomic mass is 15.2. The number of hydrogen-bond acceptors (Lipinski definition) is 2. The molecule has 0 aromatic rings. The molecule has 122 valence electrons. The molecule has 2 heteroatoms. The molecule has 0 aromatic carbocycles. The summed E-state index contributed by atoms with van der Waals surface area (Å²) in [4.78, 5) is 2.81. The first-order valence-electron chi connectivity index (χ1n) is 9.79. The second-order valence-corrected chi connectivity index (χ2v) is 8.16. The number of nitrogens with one attached hydrogen (secondary N) is 1. The molecular weight excluding hydrogens is 256 g/mol. The van der Waals surface area contributed by atoms with Crippen molar-refractivity contribution in [2.75, 3.05) is 26.2 Å². The minimum atomic E-state index is 0.774. The summed E-state index contributed by atoms with van der Waals surface area (Å²) in [6.45, 7) is 7.74. The highest BCUT2D eigenvalue weighted by molar-refractivity contribution is 4.86. The molecule has 0 aromatic heterocycles. The minimum Gasteiger partial charge on any atom is -0.312 e. The third-order valence-corrected chi connectivity index (χ3v) is 6.22. The van der Waals surface area contributed by atoms with Crippen LogP contribution in [0.1, 0.15) is 71.1 Å². The molecule has 1 heterocycles. The molecule has 3 rings (SSSR count). The summed E-state index contributed by atoms with van der Waals surface area (Å²) < 4.78 is 0. The van der Waals surface area contributed by atoms with E-state index in [1.54, 1.807) is 0 Å². The van der Waals surface area contributed by atoms with Gasteiger partial charge in [-0.3, -0.25) is 0 Å². The second kappa shape index (κ2) is 7.97. The lowest BCUT2D eigenvalue weighted by Gasteiger charge is -2.41. The monoisotopic (exact) mass is 292 g/mol. The summed E-state index contributed by atoms with van der Waals surface area (Å²) >= 11 is 0. The van der Waals surface area contributed by atoms with Crippen LogP contribution in [0.2, 0.25) is 0 Å². The molecular formula is C19H36N2. The molecule has 1 N–H and O–H groups in total. The number of nitrogens with zero attached hydrogens (tertiary/aromatic N) is 1. The van der Waals surface area contributed by atoms with Crippen LogP contribution in [0, 0.1) is 17.8 Å². The summed E-state index contributed by atoms with van der Waals surface area (Å²) in [5, 5.41) is 3.95. The number of hydrogen-bond donors (Lipinski definition) is 1. The maximum Gasteiger partial charge on any atom is 0.0198 e. The average Bonchev–Trinajstić information content (AvgIpc) is 2.94. The SMILES string of the molecule is CCCC1CC(NCC2CCCC2)CN(CC2CCC2)C1. The lowest BCUT2D eigenvalue weighted by atomic mass is 9.83. The van der Waals surface area contributed by atoms with E-state index in [1.165, 1.54) is 90.4 Å². The van der Waals surface area contributed by atoms with Gasteiger partial charge in [-0.15, -0.1) is 0 Å². The Kier molecular flexibility index (Phi) is 5.99. The van der Waals surface area contributed by atoms with Crippen LogP contribution in [-0.2, 0) is 0 Å². The lowest BCUT2D eigenvalue weighted by Crippen LogP contribution is -2.51. The maximum atomic E-state index is 3.95. The van der Waals surface area contributed by atoms with E-state index in [1.807, 2.05) is 0 Å². The van der Waals surface area contributed by atoms with E-state index < -0.39 is 0 Å². The molecule has 0 bridgehead atoms. The predicted octanol–water partition coefficient (Wildman–Crippen LogP) is 4.06. The van der Waals surface area contributed by atoms with Crippen molar-refractivity contribution in [3.8, 4) is 0 Å². The Hall–Kier alpha value is -0.0800. The van der Waals surface area contributed by atoms with Crippen molar-refractivity contribution < 1.29 is 0 Å². The Morgan fingerprint density at radius 3 is 2.33 bits per heavy atom. The van der Waals surface area contributed by atoms with Gasteiger partial charge in [0.2, 0.25) is 0 Å². The van der Waals surface area contributed by atoms with Crippen molar-refractivity contribution in [1.82, 2.24) is 10.2 Å². The van der Waals surface area contributed by atoms with E-state index in [4.69, 9.17) is 0 Å². The molecule has 2 nitrogen and oxygen atoms in total. The fourth-order valence-electron chi connectivity index (χ4n) is 4.81. The van der Waals surface area contributed by atoms with E-state index in [0.29, 0.717) is 0 Å². The topological polar surface area (TPSA) is 15.3 Å². The molecule has 2 atom stereocenters. The van der Waals surface area contributed by atoms with E-state index in [9.17, 15) is 0 Å². The molecule has 1 saturated heterocycles. The third kappa shape index (κ3) is 4.69. The van der Waals surface area contributed by atoms with Gasteiger partial charge in [-0.25, -0.2) is 0 Å². The molecule has 0 amide bonds. The number of rotatable bonds is 7. The Labute approximate surface area is 132 Å². The molecule has 3 fully saturated rings. The molecule has 1 aliphatic heterocycles. The zero-order valence-electron chi connectivity index (χ0n) is 14.2. The van der Waals surface area contributed by atoms with E-state index in [-0.39, 0.29) is 0 Å². The van der Waals surface area contributed by atoms with Crippen molar-refractivity contribution in [3.63, 3.8) is 0 Å². The summed E-state index contributed by atoms with van der Waals surface area (Å²) in [6, 6.07) is 0.774. The minimum absolute atomic E-state index is 0.774. The summed E-state index contributed by atoms with van der Waals surface area (Å²) in [5.74, 6) is 2.96. The zero-order valence-corrected chi connectivity index (χ0v) is 14.2. The standard InChI is InChI=1S/C19H36N2/c1-2-6-18-11-19(20-12-16-7-3-4-8-16)15-21(14-18)13-17-9-5-10-17/h16-20H,2-15H2,1H3. The number of piperidine rings is 1. The van der Waals surface area contributed by atoms with Crippen molar-refractivity contribution >= 4 is 0 Å². The van der Waals surface area contributed by atoms with Crippen LogP contribution in [0.25, 0.3) is 0 Å². The molecule has 0 spiro atoms. The third-order valence-electron chi connectivity index (χ3n) is 6.22. The van der Waals surface area contributed by atoms with Crippen LogP contribution < -0.4 is 5.32 Å². The highest BCUT2D eigenvalue weighted by Crippen LogP contribution is 2.30. The summed E-state index contributed by atoms with van der Waals surface area (Å²) in [5.41, 5.74) is 0. The van der Waals surface area contributed by atoms with Crippen LogP contribution in [0.5, 0.6) is 0 Å². The predicted molar refractivity (Wildman–Crippen MR) is 90.5 cm³/mol. The van der Waals surface area contributed by atoms with Gasteiger partial charge in [-0.1, -0.05) is 32.6 Å². The fourth-order valence-corrected chi connectivity index (χ4v) is 4.81. The first-order valence-corrected chi connectivity index (χ1v) is 9.79. The maximum absolute atomic E-state index is 3.95. The van der Waals surface area contributed by atoms with Gasteiger partial charge in [0.1, 0.15) is 0 Å². The molecule has 2 saturated carbocycles. The van der Waals surface area contributed by atoms with Gasteiger partial charge in [-0.2, -0.15) is 0 Å². The van der Waals surface area contributed by atoms with E-state index in [0.717, 1.165) is 23.8 Å². The number of likely N-dealkylation sites (tertiary alicyclic amines) is 1. The van der Waals surface area contributed by atoms with Crippen LogP contribution in [-0.4, -0.2) is 37.1 Å². The van der Waals surface area contributed by atoms with Gasteiger partial charge in [0.05, 0.1) is 0 Å². The molecule has 2 unspecified atom stereocenters. The lowest BCUT2D eigenvalue weighted by molar-refractivity contribution is 0.0970. The highest BCUT2D eigenvalue weighted by Gasteiger charge is 2.30. The van der Waals surface area contributed by atoms with Crippen molar-refractivity contribution in [1.29, 1.82) is 0 Å². The van der Waals surface area contributed by atoms with Crippen LogP contribution in [0.15, 0.2) is 0 Å². The van der Waals surface area contributed by atoms with Crippen LogP contribution >= 0.6 is 0 Å². The van der Waals surface area contributed by atoms with Gasteiger partial charge in [0.15, 0.2) is 0 Å². The van der Waals surface area contributed by atoms with Crippen LogP contribution in [0.3, 0.4) is 0 Å². The average molecular weight is 293 g/mol. The first kappa shape index (κ1) is 15.8. The van der Waals surface area contributed by atoms with Crippen LogP contribution in [0.4, 0.5) is 0 Å². The van der Waals surface area contributed by atoms with E-state index >= 15 is 0 Å². The quantitative estimate of drug-likeness (QED) is 0.761. The van der Waals surface area contributed by atoms with Gasteiger partial charge >= 0.3 is 0 Å². The Bertz CT molecular complexity index is 294. The normalized spacial score (nSPS) is 32.4. The second-order valence-electron chi connectivity index (χ2n) is 8.16. The largest absolute Gasteiger partial charge is 0.312 e. The van der Waals surface area contributed by atoms with Gasteiger partial charge in [-0.05, 0) is 62.8 Å². The Balaban J connectivity index is 1.46. The zero-order chi connectivity index (χ0) is 14.5. The van der Waals surface area contributed by atoms with Crippen molar-refractivity contribution in [3.05, 3.63) is 0 Å². The Morgan fingerprint density at radius 2 is 1.67 bits per heavy atom. The van der Waals surface area contributed by atoms with Crippen molar-refractivity contribution in [2.45, 2.75) is 77.2 Å².